The maximum absolute atomic E-state index is 12.1. The first-order valence-corrected chi connectivity index (χ1v) is 7.02. The Kier molecular flexibility index (Phi) is 6.76. The van der Waals surface area contributed by atoms with E-state index in [1.165, 1.54) is 0 Å². The van der Waals surface area contributed by atoms with Gasteiger partial charge in [0.2, 0.25) is 0 Å². The SMILES string of the molecule is CC(C)Cn1ccnc(NCCCCCC(=O)O)c1=O. The summed E-state index contributed by atoms with van der Waals surface area (Å²) in [5.74, 6) is 0.00427. The second-order valence-electron chi connectivity index (χ2n) is 5.26. The van der Waals surface area contributed by atoms with Crippen molar-refractivity contribution in [1.82, 2.24) is 9.55 Å². The molecule has 2 N–H and O–H groups in total. The van der Waals surface area contributed by atoms with Crippen LogP contribution in [0.2, 0.25) is 0 Å². The summed E-state index contributed by atoms with van der Waals surface area (Å²) >= 11 is 0. The summed E-state index contributed by atoms with van der Waals surface area (Å²) in [6, 6.07) is 0. The summed E-state index contributed by atoms with van der Waals surface area (Å²) in [5, 5.41) is 11.5. The predicted molar refractivity (Wildman–Crippen MR) is 77.9 cm³/mol. The van der Waals surface area contributed by atoms with Crippen LogP contribution in [0, 0.1) is 5.92 Å². The molecule has 0 saturated carbocycles. The second kappa shape index (κ2) is 8.35. The van der Waals surface area contributed by atoms with Crippen molar-refractivity contribution in [3.05, 3.63) is 22.7 Å². The van der Waals surface area contributed by atoms with Crippen molar-refractivity contribution in [2.75, 3.05) is 11.9 Å². The smallest absolute Gasteiger partial charge is 0.303 e. The molecule has 0 amide bonds. The van der Waals surface area contributed by atoms with Crippen LogP contribution in [0.15, 0.2) is 17.2 Å². The van der Waals surface area contributed by atoms with Gasteiger partial charge in [0.15, 0.2) is 5.82 Å². The molecule has 0 aliphatic rings. The Labute approximate surface area is 118 Å². The Morgan fingerprint density at radius 2 is 2.15 bits per heavy atom. The lowest BCUT2D eigenvalue weighted by Gasteiger charge is -2.10. The Hall–Kier alpha value is -1.85. The number of carboxylic acids is 1. The summed E-state index contributed by atoms with van der Waals surface area (Å²) < 4.78 is 1.66. The van der Waals surface area contributed by atoms with Crippen molar-refractivity contribution < 1.29 is 9.90 Å². The molecule has 0 aliphatic heterocycles. The summed E-state index contributed by atoms with van der Waals surface area (Å²) in [4.78, 5) is 26.5. The number of aliphatic carboxylic acids is 1. The molecule has 0 aromatic carbocycles. The van der Waals surface area contributed by atoms with E-state index in [1.807, 2.05) is 0 Å². The molecule has 1 aromatic rings. The number of hydrogen-bond donors (Lipinski definition) is 2. The van der Waals surface area contributed by atoms with Crippen molar-refractivity contribution in [3.63, 3.8) is 0 Å². The third-order valence-electron chi connectivity index (χ3n) is 2.84. The van der Waals surface area contributed by atoms with Crippen molar-refractivity contribution in [1.29, 1.82) is 0 Å². The molecule has 20 heavy (non-hydrogen) atoms. The number of rotatable bonds is 9. The molecule has 0 unspecified atom stereocenters. The standard InChI is InChI=1S/C14H23N3O3/c1-11(2)10-17-9-8-16-13(14(17)20)15-7-5-3-4-6-12(18)19/h8-9,11H,3-7,10H2,1-2H3,(H,15,16)(H,18,19). The van der Waals surface area contributed by atoms with Gasteiger partial charge < -0.3 is 15.0 Å². The van der Waals surface area contributed by atoms with Gasteiger partial charge >= 0.3 is 5.97 Å². The van der Waals surface area contributed by atoms with E-state index in [-0.39, 0.29) is 12.0 Å². The largest absolute Gasteiger partial charge is 0.481 e. The fourth-order valence-electron chi connectivity index (χ4n) is 1.89. The fraction of sp³-hybridized carbons (Fsp3) is 0.643. The Bertz CT molecular complexity index is 483. The molecule has 0 radical (unpaired) electrons. The van der Waals surface area contributed by atoms with Gasteiger partial charge in [-0.25, -0.2) is 4.98 Å². The van der Waals surface area contributed by atoms with Crippen molar-refractivity contribution >= 4 is 11.8 Å². The molecular formula is C14H23N3O3. The molecule has 6 nitrogen and oxygen atoms in total. The highest BCUT2D eigenvalue weighted by molar-refractivity contribution is 5.66. The van der Waals surface area contributed by atoms with E-state index < -0.39 is 5.97 Å². The van der Waals surface area contributed by atoms with E-state index in [1.54, 1.807) is 17.0 Å². The molecule has 1 aromatic heterocycles. The predicted octanol–water partition coefficient (Wildman–Crippen LogP) is 1.96. The van der Waals surface area contributed by atoms with Crippen LogP contribution in [0.25, 0.3) is 0 Å². The first kappa shape index (κ1) is 16.2. The van der Waals surface area contributed by atoms with Crippen LogP contribution in [0.4, 0.5) is 5.82 Å². The van der Waals surface area contributed by atoms with Gasteiger partial charge in [0.25, 0.3) is 5.56 Å². The molecule has 112 valence electrons. The van der Waals surface area contributed by atoms with Crippen molar-refractivity contribution in [3.8, 4) is 0 Å². The number of hydrogen-bond acceptors (Lipinski definition) is 4. The molecule has 0 atom stereocenters. The van der Waals surface area contributed by atoms with E-state index in [0.29, 0.717) is 31.2 Å². The fourth-order valence-corrected chi connectivity index (χ4v) is 1.89. The normalized spacial score (nSPS) is 10.8. The van der Waals surface area contributed by atoms with Crippen LogP contribution in [0.3, 0.4) is 0 Å². The zero-order valence-electron chi connectivity index (χ0n) is 12.1. The number of carboxylic acid groups (broad SMARTS) is 1. The van der Waals surface area contributed by atoms with Gasteiger partial charge in [-0.1, -0.05) is 20.3 Å². The summed E-state index contributed by atoms with van der Waals surface area (Å²) in [6.45, 7) is 5.42. The molecule has 1 heterocycles. The summed E-state index contributed by atoms with van der Waals surface area (Å²) in [5.41, 5.74) is -0.105. The quantitative estimate of drug-likeness (QED) is 0.676. The van der Waals surface area contributed by atoms with Gasteiger partial charge in [-0.05, 0) is 18.8 Å². The Balaban J connectivity index is 2.40. The van der Waals surface area contributed by atoms with Crippen LogP contribution >= 0.6 is 0 Å². The number of anilines is 1. The Morgan fingerprint density at radius 3 is 2.80 bits per heavy atom. The maximum Gasteiger partial charge on any atom is 0.303 e. The Morgan fingerprint density at radius 1 is 1.40 bits per heavy atom. The highest BCUT2D eigenvalue weighted by atomic mass is 16.4. The molecule has 1 rings (SSSR count). The highest BCUT2D eigenvalue weighted by Crippen LogP contribution is 2.02. The lowest BCUT2D eigenvalue weighted by molar-refractivity contribution is -0.137. The molecule has 0 fully saturated rings. The van der Waals surface area contributed by atoms with Crippen LogP contribution < -0.4 is 10.9 Å². The topological polar surface area (TPSA) is 84.2 Å². The minimum Gasteiger partial charge on any atom is -0.481 e. The number of unbranched alkanes of at least 4 members (excludes halogenated alkanes) is 2. The first-order valence-electron chi connectivity index (χ1n) is 7.02. The van der Waals surface area contributed by atoms with Crippen molar-refractivity contribution in [2.45, 2.75) is 46.1 Å². The summed E-state index contributed by atoms with van der Waals surface area (Å²) in [6.07, 6.45) is 5.83. The van der Waals surface area contributed by atoms with Crippen LogP contribution in [0.1, 0.15) is 39.5 Å². The van der Waals surface area contributed by atoms with Crippen LogP contribution in [-0.2, 0) is 11.3 Å². The van der Waals surface area contributed by atoms with Gasteiger partial charge in [-0.15, -0.1) is 0 Å². The van der Waals surface area contributed by atoms with E-state index in [9.17, 15) is 9.59 Å². The third-order valence-corrected chi connectivity index (χ3v) is 2.84. The van der Waals surface area contributed by atoms with Crippen LogP contribution in [-0.4, -0.2) is 27.2 Å². The minimum atomic E-state index is -0.765. The van der Waals surface area contributed by atoms with Crippen molar-refractivity contribution in [2.24, 2.45) is 5.92 Å². The van der Waals surface area contributed by atoms with E-state index in [0.717, 1.165) is 12.8 Å². The van der Waals surface area contributed by atoms with Gasteiger partial charge in [0.05, 0.1) is 0 Å². The van der Waals surface area contributed by atoms with Gasteiger partial charge in [-0.3, -0.25) is 9.59 Å². The second-order valence-corrected chi connectivity index (χ2v) is 5.26. The first-order chi connectivity index (χ1) is 9.50. The third kappa shape index (κ3) is 5.86. The van der Waals surface area contributed by atoms with Crippen LogP contribution in [0.5, 0.6) is 0 Å². The minimum absolute atomic E-state index is 0.105. The maximum atomic E-state index is 12.1. The van der Waals surface area contributed by atoms with E-state index in [4.69, 9.17) is 5.11 Å². The summed E-state index contributed by atoms with van der Waals surface area (Å²) in [7, 11) is 0. The molecule has 0 spiro atoms. The zero-order valence-corrected chi connectivity index (χ0v) is 12.1. The van der Waals surface area contributed by atoms with E-state index >= 15 is 0 Å². The lowest BCUT2D eigenvalue weighted by Crippen LogP contribution is -2.26. The average Bonchev–Trinajstić information content (AvgIpc) is 2.36. The molecule has 0 saturated heterocycles. The van der Waals surface area contributed by atoms with Gasteiger partial charge in [0.1, 0.15) is 0 Å². The molecule has 6 heteroatoms. The monoisotopic (exact) mass is 281 g/mol. The van der Waals surface area contributed by atoms with Gasteiger partial charge in [-0.2, -0.15) is 0 Å². The lowest BCUT2D eigenvalue weighted by atomic mass is 10.2. The van der Waals surface area contributed by atoms with Gasteiger partial charge in [0, 0.05) is 31.9 Å². The number of carbonyl (C=O) groups is 1. The molecular weight excluding hydrogens is 258 g/mol. The van der Waals surface area contributed by atoms with E-state index in [2.05, 4.69) is 24.1 Å². The highest BCUT2D eigenvalue weighted by Gasteiger charge is 2.05. The number of aromatic nitrogens is 2. The molecule has 0 bridgehead atoms. The number of nitrogens with one attached hydrogen (secondary N) is 1. The zero-order chi connectivity index (χ0) is 15.0. The average molecular weight is 281 g/mol. The number of nitrogens with zero attached hydrogens (tertiary/aromatic N) is 2. The molecule has 0 aliphatic carbocycles.